The van der Waals surface area contributed by atoms with Crippen molar-refractivity contribution in [2.45, 2.75) is 32.4 Å². The van der Waals surface area contributed by atoms with Gasteiger partial charge in [0.25, 0.3) is 0 Å². The molecule has 2 N–H and O–H groups in total. The van der Waals surface area contributed by atoms with Gasteiger partial charge in [-0.05, 0) is 45.0 Å². The summed E-state index contributed by atoms with van der Waals surface area (Å²) in [5, 5.41) is 5.64. The van der Waals surface area contributed by atoms with Crippen molar-refractivity contribution in [1.29, 1.82) is 0 Å². The summed E-state index contributed by atoms with van der Waals surface area (Å²) in [6.07, 6.45) is 1.77. The molecule has 8 heteroatoms. The number of hydrogen-bond donors (Lipinski definition) is 1. The molecule has 1 atom stereocenters. The van der Waals surface area contributed by atoms with E-state index in [0.29, 0.717) is 24.9 Å². The minimum atomic E-state index is -0.185. The summed E-state index contributed by atoms with van der Waals surface area (Å²) in [6, 6.07) is 11.8. The van der Waals surface area contributed by atoms with Gasteiger partial charge in [0, 0.05) is 36.3 Å². The predicted molar refractivity (Wildman–Crippen MR) is 120 cm³/mol. The minimum absolute atomic E-state index is 0.0706. The van der Waals surface area contributed by atoms with Crippen LogP contribution in [0.15, 0.2) is 47.0 Å². The molecule has 5 rings (SSSR count). The van der Waals surface area contributed by atoms with Gasteiger partial charge in [-0.25, -0.2) is 9.50 Å². The molecule has 0 amide bonds. The minimum Gasteiger partial charge on any atom is -0.475 e. The van der Waals surface area contributed by atoms with Gasteiger partial charge in [-0.15, -0.1) is 5.10 Å². The summed E-state index contributed by atoms with van der Waals surface area (Å²) in [5.74, 6) is 1.20. The maximum atomic E-state index is 6.22. The Morgan fingerprint density at radius 2 is 2.13 bits per heavy atom. The Morgan fingerprint density at radius 3 is 2.94 bits per heavy atom. The lowest BCUT2D eigenvalue weighted by atomic mass is 10.1. The fourth-order valence-electron chi connectivity index (χ4n) is 3.99. The van der Waals surface area contributed by atoms with Crippen LogP contribution in [0.25, 0.3) is 28.1 Å². The number of benzene rings is 1. The predicted octanol–water partition coefficient (Wildman–Crippen LogP) is 3.48. The number of morpholine rings is 1. The molecule has 0 saturated carbocycles. The van der Waals surface area contributed by atoms with Gasteiger partial charge in [0.2, 0.25) is 5.88 Å². The molecule has 0 radical (unpaired) electrons. The molecule has 162 valence electrons. The number of ether oxygens (including phenoxy) is 2. The lowest BCUT2D eigenvalue weighted by Crippen LogP contribution is -2.48. The topological polar surface area (TPSA) is 91.0 Å². The molecular formula is C23H27N5O3. The van der Waals surface area contributed by atoms with Crippen LogP contribution >= 0.6 is 0 Å². The number of rotatable bonds is 5. The molecule has 0 unspecified atom stereocenters. The van der Waals surface area contributed by atoms with Crippen molar-refractivity contribution in [3.05, 3.63) is 42.6 Å². The zero-order valence-electron chi connectivity index (χ0n) is 18.0. The Labute approximate surface area is 180 Å². The van der Waals surface area contributed by atoms with Crippen LogP contribution in [0.5, 0.6) is 5.88 Å². The molecular weight excluding hydrogens is 394 g/mol. The second kappa shape index (κ2) is 7.55. The van der Waals surface area contributed by atoms with Crippen LogP contribution in [0.3, 0.4) is 0 Å². The molecule has 1 fully saturated rings. The SMILES string of the molecule is C[C@H](N)COc1ccc2ncc(-c3cc4c(N5CCOC(C)(C)C5)cccc4o3)n2n1. The fourth-order valence-corrected chi connectivity index (χ4v) is 3.99. The van der Waals surface area contributed by atoms with E-state index in [1.807, 2.05) is 25.1 Å². The Bertz CT molecular complexity index is 1230. The normalized spacial score (nSPS) is 17.4. The first-order valence-electron chi connectivity index (χ1n) is 10.5. The number of nitrogens with zero attached hydrogens (tertiary/aromatic N) is 4. The van der Waals surface area contributed by atoms with E-state index in [2.05, 4.69) is 41.0 Å². The molecule has 0 bridgehead atoms. The van der Waals surface area contributed by atoms with Crippen molar-refractivity contribution < 1.29 is 13.9 Å². The number of imidazole rings is 1. The first-order chi connectivity index (χ1) is 14.9. The second-order valence-corrected chi connectivity index (χ2v) is 8.70. The Morgan fingerprint density at radius 1 is 1.26 bits per heavy atom. The Hall–Kier alpha value is -3.10. The number of anilines is 1. The smallest absolute Gasteiger partial charge is 0.231 e. The summed E-state index contributed by atoms with van der Waals surface area (Å²) >= 11 is 0. The van der Waals surface area contributed by atoms with E-state index in [1.54, 1.807) is 16.8 Å². The van der Waals surface area contributed by atoms with Gasteiger partial charge < -0.3 is 24.5 Å². The number of furan rings is 1. The maximum Gasteiger partial charge on any atom is 0.231 e. The molecule has 4 heterocycles. The molecule has 1 aliphatic rings. The summed E-state index contributed by atoms with van der Waals surface area (Å²) in [7, 11) is 0. The number of nitrogens with two attached hydrogens (primary N) is 1. The average molecular weight is 422 g/mol. The standard InChI is InChI=1S/C23H27N5O3/c1-15(24)13-29-22-8-7-21-25-12-18(28(21)26-22)20-11-16-17(5-4-6-19(16)31-20)27-9-10-30-23(2,3)14-27/h4-8,11-12,15H,9-10,13-14,24H2,1-3H3/t15-/m0/s1. The van der Waals surface area contributed by atoms with E-state index < -0.39 is 0 Å². The fraction of sp³-hybridized carbons (Fsp3) is 0.391. The third-order valence-corrected chi connectivity index (χ3v) is 5.39. The largest absolute Gasteiger partial charge is 0.475 e. The number of hydrogen-bond acceptors (Lipinski definition) is 7. The van der Waals surface area contributed by atoms with Crippen LogP contribution in [0, 0.1) is 0 Å². The van der Waals surface area contributed by atoms with Crippen molar-refractivity contribution in [1.82, 2.24) is 14.6 Å². The van der Waals surface area contributed by atoms with Gasteiger partial charge in [0.15, 0.2) is 11.4 Å². The lowest BCUT2D eigenvalue weighted by molar-refractivity contribution is -0.0276. The second-order valence-electron chi connectivity index (χ2n) is 8.70. The van der Waals surface area contributed by atoms with Crippen molar-refractivity contribution in [3.63, 3.8) is 0 Å². The monoisotopic (exact) mass is 421 g/mol. The van der Waals surface area contributed by atoms with E-state index >= 15 is 0 Å². The van der Waals surface area contributed by atoms with Crippen molar-refractivity contribution >= 4 is 22.3 Å². The molecule has 1 saturated heterocycles. The van der Waals surface area contributed by atoms with Gasteiger partial charge in [0.1, 0.15) is 17.9 Å². The quantitative estimate of drug-likeness (QED) is 0.527. The van der Waals surface area contributed by atoms with Crippen LogP contribution < -0.4 is 15.4 Å². The Balaban J connectivity index is 1.54. The maximum absolute atomic E-state index is 6.22. The van der Waals surface area contributed by atoms with Crippen LogP contribution in [0.4, 0.5) is 5.69 Å². The average Bonchev–Trinajstić information content (AvgIpc) is 3.34. The van der Waals surface area contributed by atoms with Gasteiger partial charge in [-0.1, -0.05) is 6.07 Å². The van der Waals surface area contributed by atoms with Gasteiger partial charge in [-0.3, -0.25) is 0 Å². The molecule has 31 heavy (non-hydrogen) atoms. The lowest BCUT2D eigenvalue weighted by Gasteiger charge is -2.39. The van der Waals surface area contributed by atoms with E-state index in [9.17, 15) is 0 Å². The first kappa shape index (κ1) is 19.8. The van der Waals surface area contributed by atoms with Crippen LogP contribution in [0.1, 0.15) is 20.8 Å². The molecule has 1 aromatic carbocycles. The molecule has 4 aromatic rings. The third kappa shape index (κ3) is 3.84. The molecule has 0 spiro atoms. The summed E-state index contributed by atoms with van der Waals surface area (Å²) in [6.45, 7) is 8.90. The molecule has 3 aromatic heterocycles. The summed E-state index contributed by atoms with van der Waals surface area (Å²) < 4.78 is 19.5. The third-order valence-electron chi connectivity index (χ3n) is 5.39. The highest BCUT2D eigenvalue weighted by Gasteiger charge is 2.28. The molecule has 0 aliphatic carbocycles. The highest BCUT2D eigenvalue weighted by atomic mass is 16.5. The van der Waals surface area contributed by atoms with Gasteiger partial charge in [0.05, 0.1) is 18.4 Å². The van der Waals surface area contributed by atoms with Gasteiger partial charge in [-0.2, -0.15) is 0 Å². The van der Waals surface area contributed by atoms with Crippen LogP contribution in [0.2, 0.25) is 0 Å². The van der Waals surface area contributed by atoms with Crippen LogP contribution in [-0.4, -0.2) is 52.5 Å². The molecule has 1 aliphatic heterocycles. The van der Waals surface area contributed by atoms with E-state index in [-0.39, 0.29) is 11.6 Å². The van der Waals surface area contributed by atoms with E-state index in [1.165, 1.54) is 0 Å². The number of fused-ring (bicyclic) bond motifs is 2. The van der Waals surface area contributed by atoms with Crippen LogP contribution in [-0.2, 0) is 4.74 Å². The van der Waals surface area contributed by atoms with Crippen molar-refractivity contribution in [2.24, 2.45) is 5.73 Å². The van der Waals surface area contributed by atoms with Gasteiger partial charge >= 0.3 is 0 Å². The highest BCUT2D eigenvalue weighted by Crippen LogP contribution is 2.35. The number of aromatic nitrogens is 3. The highest BCUT2D eigenvalue weighted by molar-refractivity contribution is 5.94. The first-order valence-corrected chi connectivity index (χ1v) is 10.5. The van der Waals surface area contributed by atoms with Crippen molar-refractivity contribution in [3.8, 4) is 17.3 Å². The van der Waals surface area contributed by atoms with E-state index in [0.717, 1.165) is 41.1 Å². The zero-order chi connectivity index (χ0) is 21.6. The van der Waals surface area contributed by atoms with Crippen molar-refractivity contribution in [2.75, 3.05) is 31.2 Å². The van der Waals surface area contributed by atoms with E-state index in [4.69, 9.17) is 19.6 Å². The molecule has 8 nitrogen and oxygen atoms in total. The Kier molecular flexibility index (Phi) is 4.83. The zero-order valence-corrected chi connectivity index (χ0v) is 18.0. The summed E-state index contributed by atoms with van der Waals surface area (Å²) in [5.41, 5.74) is 9.07. The summed E-state index contributed by atoms with van der Waals surface area (Å²) in [4.78, 5) is 6.83.